The number of hydrogen-bond donors (Lipinski definition) is 2. The summed E-state index contributed by atoms with van der Waals surface area (Å²) < 4.78 is 69.7. The molecule has 2 rings (SSSR count). The molecule has 0 heterocycles. The van der Waals surface area contributed by atoms with Crippen LogP contribution in [0.2, 0.25) is 0 Å². The van der Waals surface area contributed by atoms with Crippen molar-refractivity contribution in [3.05, 3.63) is 59.7 Å². The third-order valence-corrected chi connectivity index (χ3v) is 7.72. The van der Waals surface area contributed by atoms with Crippen LogP contribution in [-0.4, -0.2) is 62.4 Å². The average Bonchev–Trinajstić information content (AvgIpc) is 2.62. The molecule has 172 valence electrons. The smallest absolute Gasteiger partial charge is 0.158 e. The molecule has 8 nitrogen and oxygen atoms in total. The Morgan fingerprint density at radius 1 is 0.581 bits per heavy atom. The summed E-state index contributed by atoms with van der Waals surface area (Å²) in [5.74, 6) is -0.166. The summed E-state index contributed by atoms with van der Waals surface area (Å²) in [6.07, 6.45) is 2.34. The van der Waals surface area contributed by atoms with Crippen LogP contribution in [0.1, 0.15) is 11.1 Å². The molecule has 0 aliphatic rings. The van der Waals surface area contributed by atoms with E-state index in [1.807, 2.05) is 0 Å². The van der Waals surface area contributed by atoms with Crippen LogP contribution in [-0.2, 0) is 41.0 Å². The Balaban J connectivity index is 1.88. The van der Waals surface area contributed by atoms with Crippen LogP contribution in [0, 0.1) is 0 Å². The van der Waals surface area contributed by atoms with Crippen molar-refractivity contribution < 1.29 is 25.3 Å². The van der Waals surface area contributed by atoms with Crippen molar-refractivity contribution >= 4 is 40.9 Å². The highest BCUT2D eigenvalue weighted by molar-refractivity contribution is 7.91. The van der Waals surface area contributed by atoms with Gasteiger partial charge in [-0.1, -0.05) is 24.3 Å². The Morgan fingerprint density at radius 3 is 1.19 bits per heavy atom. The number of hydrogen-bond acceptors (Lipinski definition) is 8. The van der Waals surface area contributed by atoms with E-state index in [4.69, 9.17) is 0 Å². The third-order valence-electron chi connectivity index (χ3n) is 4.28. The number of rotatable bonds is 12. The van der Waals surface area contributed by atoms with Gasteiger partial charge in [-0.2, -0.15) is 0 Å². The van der Waals surface area contributed by atoms with E-state index in [2.05, 4.69) is 10.6 Å². The van der Waals surface area contributed by atoms with Gasteiger partial charge in [-0.25, -0.2) is 25.3 Å². The summed E-state index contributed by atoms with van der Waals surface area (Å²) in [6.45, 7) is 0.575. The van der Waals surface area contributed by atoms with Crippen molar-refractivity contribution in [1.29, 1.82) is 0 Å². The molecule has 0 radical (unpaired) electrons. The highest BCUT2D eigenvalue weighted by Gasteiger charge is 2.13. The van der Waals surface area contributed by atoms with Crippen LogP contribution < -0.4 is 10.6 Å². The van der Waals surface area contributed by atoms with Gasteiger partial charge in [-0.3, -0.25) is 0 Å². The predicted molar refractivity (Wildman–Crippen MR) is 126 cm³/mol. The molecule has 0 unspecified atom stereocenters. The van der Waals surface area contributed by atoms with Crippen molar-refractivity contribution in [2.24, 2.45) is 0 Å². The molecule has 0 aliphatic heterocycles. The van der Waals surface area contributed by atoms with Crippen molar-refractivity contribution in [3.63, 3.8) is 0 Å². The molecule has 31 heavy (non-hydrogen) atoms. The van der Waals surface area contributed by atoms with E-state index >= 15 is 0 Å². The number of benzene rings is 2. The minimum Gasteiger partial charge on any atom is -0.384 e. The fourth-order valence-corrected chi connectivity index (χ4v) is 5.21. The standard InChI is InChI=1S/C20H28N2O6S3/c1-29(23,24)13-11-21-19-7-3-17(4-8-19)15-31(27,28)16-18-5-9-20(10-6-18)22-12-14-30(2,25)26/h3-10,21-22H,11-16H2,1-2H3. The van der Waals surface area contributed by atoms with Gasteiger partial charge in [0.25, 0.3) is 0 Å². The lowest BCUT2D eigenvalue weighted by atomic mass is 10.2. The van der Waals surface area contributed by atoms with E-state index < -0.39 is 29.5 Å². The first kappa shape index (κ1) is 25.2. The van der Waals surface area contributed by atoms with Crippen LogP contribution >= 0.6 is 0 Å². The van der Waals surface area contributed by atoms with E-state index in [1.165, 1.54) is 12.5 Å². The SMILES string of the molecule is CS(=O)(=O)CCNc1ccc(CS(=O)(=O)Cc2ccc(NCCS(C)(=O)=O)cc2)cc1. The molecular weight excluding hydrogens is 460 g/mol. The normalized spacial score (nSPS) is 12.5. The zero-order valence-electron chi connectivity index (χ0n) is 17.5. The van der Waals surface area contributed by atoms with Gasteiger partial charge in [-0.05, 0) is 35.4 Å². The quantitative estimate of drug-likeness (QED) is 0.462. The van der Waals surface area contributed by atoms with E-state index in [0.717, 1.165) is 11.4 Å². The average molecular weight is 489 g/mol. The summed E-state index contributed by atoms with van der Waals surface area (Å²) >= 11 is 0. The van der Waals surface area contributed by atoms with Crippen molar-refractivity contribution in [2.75, 3.05) is 47.7 Å². The zero-order valence-corrected chi connectivity index (χ0v) is 20.0. The predicted octanol–water partition coefficient (Wildman–Crippen LogP) is 1.71. The monoisotopic (exact) mass is 488 g/mol. The van der Waals surface area contributed by atoms with Gasteiger partial charge in [0.05, 0.1) is 23.0 Å². The molecule has 2 aromatic carbocycles. The van der Waals surface area contributed by atoms with E-state index in [0.29, 0.717) is 11.1 Å². The van der Waals surface area contributed by atoms with E-state index in [-0.39, 0.29) is 36.1 Å². The lowest BCUT2D eigenvalue weighted by Crippen LogP contribution is -2.14. The molecule has 0 spiro atoms. The van der Waals surface area contributed by atoms with Crippen LogP contribution in [0.5, 0.6) is 0 Å². The Bertz CT molecular complexity index is 1080. The Hall–Kier alpha value is -2.11. The van der Waals surface area contributed by atoms with Gasteiger partial charge in [0.2, 0.25) is 0 Å². The van der Waals surface area contributed by atoms with Crippen LogP contribution in [0.25, 0.3) is 0 Å². The fraction of sp³-hybridized carbons (Fsp3) is 0.400. The molecule has 11 heteroatoms. The molecular formula is C20H28N2O6S3. The second kappa shape index (κ2) is 10.5. The first-order valence-electron chi connectivity index (χ1n) is 9.53. The molecule has 0 aliphatic carbocycles. The number of nitrogens with one attached hydrogen (secondary N) is 2. The largest absolute Gasteiger partial charge is 0.384 e. The van der Waals surface area contributed by atoms with Gasteiger partial charge in [0.1, 0.15) is 19.7 Å². The van der Waals surface area contributed by atoms with Gasteiger partial charge >= 0.3 is 0 Å². The highest BCUT2D eigenvalue weighted by atomic mass is 32.2. The van der Waals surface area contributed by atoms with E-state index in [1.54, 1.807) is 48.5 Å². The van der Waals surface area contributed by atoms with Gasteiger partial charge in [0.15, 0.2) is 9.84 Å². The molecule has 2 aromatic rings. The number of anilines is 2. The Kier molecular flexibility index (Phi) is 8.49. The Morgan fingerprint density at radius 2 is 0.903 bits per heavy atom. The molecule has 0 fully saturated rings. The van der Waals surface area contributed by atoms with Crippen molar-refractivity contribution in [1.82, 2.24) is 0 Å². The number of sulfone groups is 3. The highest BCUT2D eigenvalue weighted by Crippen LogP contribution is 2.17. The third kappa shape index (κ3) is 10.7. The summed E-state index contributed by atoms with van der Waals surface area (Å²) in [5.41, 5.74) is 2.74. The lowest BCUT2D eigenvalue weighted by Gasteiger charge is -2.09. The lowest BCUT2D eigenvalue weighted by molar-refractivity contribution is 0.594. The van der Waals surface area contributed by atoms with Gasteiger partial charge < -0.3 is 10.6 Å². The van der Waals surface area contributed by atoms with E-state index in [9.17, 15) is 25.3 Å². The summed E-state index contributed by atoms with van der Waals surface area (Å²) in [7, 11) is -9.46. The molecule has 0 atom stereocenters. The van der Waals surface area contributed by atoms with Crippen LogP contribution in [0.4, 0.5) is 11.4 Å². The second-order valence-corrected chi connectivity index (χ2v) is 14.1. The molecule has 0 bridgehead atoms. The first-order chi connectivity index (χ1) is 14.3. The minimum absolute atomic E-state index is 0.0230. The van der Waals surface area contributed by atoms with Crippen molar-refractivity contribution in [2.45, 2.75) is 11.5 Å². The molecule has 0 saturated carbocycles. The minimum atomic E-state index is -3.39. The molecule has 0 amide bonds. The topological polar surface area (TPSA) is 126 Å². The Labute approximate surface area is 184 Å². The summed E-state index contributed by atoms with van der Waals surface area (Å²) in [4.78, 5) is 0. The maximum atomic E-state index is 12.5. The first-order valence-corrected chi connectivity index (χ1v) is 15.5. The summed E-state index contributed by atoms with van der Waals surface area (Å²) in [5, 5.41) is 5.98. The maximum absolute atomic E-state index is 12.5. The van der Waals surface area contributed by atoms with Crippen LogP contribution in [0.3, 0.4) is 0 Å². The summed E-state index contributed by atoms with van der Waals surface area (Å²) in [6, 6.07) is 13.7. The zero-order chi connectivity index (χ0) is 23.1. The fourth-order valence-electron chi connectivity index (χ4n) is 2.76. The van der Waals surface area contributed by atoms with Crippen LogP contribution in [0.15, 0.2) is 48.5 Å². The molecule has 2 N–H and O–H groups in total. The second-order valence-electron chi connectivity index (χ2n) is 7.54. The van der Waals surface area contributed by atoms with Gasteiger partial charge in [-0.15, -0.1) is 0 Å². The van der Waals surface area contributed by atoms with Crippen molar-refractivity contribution in [3.8, 4) is 0 Å². The molecule has 0 saturated heterocycles. The molecule has 0 aromatic heterocycles. The van der Waals surface area contributed by atoms with Gasteiger partial charge in [0, 0.05) is 37.0 Å². The maximum Gasteiger partial charge on any atom is 0.158 e.